The molecule has 1 aromatic carbocycles. The van der Waals surface area contributed by atoms with Gasteiger partial charge in [0, 0.05) is 13.1 Å². The van der Waals surface area contributed by atoms with E-state index in [1.807, 2.05) is 35.2 Å². The number of hydrogen-bond acceptors (Lipinski definition) is 6. The van der Waals surface area contributed by atoms with Crippen molar-refractivity contribution in [2.75, 3.05) is 38.2 Å². The van der Waals surface area contributed by atoms with E-state index >= 15 is 0 Å². The first-order valence-corrected chi connectivity index (χ1v) is 9.92. The minimum atomic E-state index is -0.316. The summed E-state index contributed by atoms with van der Waals surface area (Å²) in [4.78, 5) is 30.7. The maximum absolute atomic E-state index is 13.3. The molecule has 2 N–H and O–H groups in total. The Bertz CT molecular complexity index is 931. The van der Waals surface area contributed by atoms with Crippen LogP contribution in [0.5, 0.6) is 0 Å². The van der Waals surface area contributed by atoms with Gasteiger partial charge in [-0.2, -0.15) is 0 Å². The molecule has 150 valence electrons. The minimum absolute atomic E-state index is 0.0251. The Balaban J connectivity index is 1.83. The van der Waals surface area contributed by atoms with Crippen molar-refractivity contribution in [3.63, 3.8) is 0 Å². The van der Waals surface area contributed by atoms with Crippen molar-refractivity contribution < 1.29 is 5.11 Å². The molecule has 2 aliphatic heterocycles. The first kappa shape index (κ1) is 18.9. The number of aromatic nitrogens is 2. The summed E-state index contributed by atoms with van der Waals surface area (Å²) in [6, 6.07) is 9.42. The van der Waals surface area contributed by atoms with Gasteiger partial charge in [0.25, 0.3) is 5.56 Å². The van der Waals surface area contributed by atoms with Crippen LogP contribution < -0.4 is 16.6 Å². The van der Waals surface area contributed by atoms with Crippen molar-refractivity contribution in [1.29, 1.82) is 0 Å². The van der Waals surface area contributed by atoms with E-state index in [0.717, 1.165) is 31.6 Å². The summed E-state index contributed by atoms with van der Waals surface area (Å²) in [5.41, 5.74) is 0.746. The highest BCUT2D eigenvalue weighted by molar-refractivity contribution is 5.52. The zero-order valence-corrected chi connectivity index (χ0v) is 16.0. The second-order valence-electron chi connectivity index (χ2n) is 7.45. The summed E-state index contributed by atoms with van der Waals surface area (Å²) in [6.45, 7) is 3.52. The van der Waals surface area contributed by atoms with Gasteiger partial charge in [0.15, 0.2) is 0 Å². The van der Waals surface area contributed by atoms with Crippen LogP contribution in [0.1, 0.15) is 24.8 Å². The second-order valence-corrected chi connectivity index (χ2v) is 7.45. The smallest absolute Gasteiger partial charge is 0.338 e. The number of rotatable bonds is 5. The molecule has 8 nitrogen and oxygen atoms in total. The molecular weight excluding hydrogens is 358 g/mol. The molecule has 28 heavy (non-hydrogen) atoms. The summed E-state index contributed by atoms with van der Waals surface area (Å²) in [7, 11) is 0. The number of nitrogens with zero attached hydrogens (tertiary/aromatic N) is 4. The van der Waals surface area contributed by atoms with Crippen LogP contribution in [-0.2, 0) is 13.2 Å². The lowest BCUT2D eigenvalue weighted by Gasteiger charge is -2.32. The predicted molar refractivity (Wildman–Crippen MR) is 108 cm³/mol. The van der Waals surface area contributed by atoms with Crippen molar-refractivity contribution in [2.24, 2.45) is 0 Å². The van der Waals surface area contributed by atoms with E-state index in [-0.39, 0.29) is 17.9 Å². The SMILES string of the molecule is O=c1c2c(n(-c3ccccc3)c(=O)n1CN1CCCCC1)NCN(CCO)C2. The Hall–Kier alpha value is -2.42. The number of nitrogens with one attached hydrogen (secondary N) is 1. The zero-order chi connectivity index (χ0) is 19.5. The molecule has 0 unspecified atom stereocenters. The lowest BCUT2D eigenvalue weighted by Crippen LogP contribution is -2.50. The third kappa shape index (κ3) is 3.63. The maximum atomic E-state index is 13.3. The number of benzene rings is 1. The summed E-state index contributed by atoms with van der Waals surface area (Å²) >= 11 is 0. The van der Waals surface area contributed by atoms with Gasteiger partial charge in [0.05, 0.1) is 31.2 Å². The van der Waals surface area contributed by atoms with Crippen molar-refractivity contribution in [3.05, 3.63) is 56.7 Å². The molecule has 1 aromatic heterocycles. The number of para-hydroxylation sites is 1. The van der Waals surface area contributed by atoms with Crippen LogP contribution in [0.15, 0.2) is 39.9 Å². The fourth-order valence-electron chi connectivity index (χ4n) is 4.04. The summed E-state index contributed by atoms with van der Waals surface area (Å²) < 4.78 is 2.97. The Morgan fingerprint density at radius 1 is 1.00 bits per heavy atom. The van der Waals surface area contributed by atoms with Crippen LogP contribution in [0.25, 0.3) is 5.69 Å². The van der Waals surface area contributed by atoms with Crippen LogP contribution in [-0.4, -0.2) is 57.0 Å². The first-order valence-electron chi connectivity index (χ1n) is 9.92. The van der Waals surface area contributed by atoms with E-state index in [2.05, 4.69) is 10.2 Å². The van der Waals surface area contributed by atoms with Gasteiger partial charge in [0.2, 0.25) is 0 Å². The Morgan fingerprint density at radius 2 is 1.75 bits per heavy atom. The van der Waals surface area contributed by atoms with Gasteiger partial charge in [-0.25, -0.2) is 13.9 Å². The summed E-state index contributed by atoms with van der Waals surface area (Å²) in [5, 5.41) is 12.5. The quantitative estimate of drug-likeness (QED) is 0.785. The average Bonchev–Trinajstić information content (AvgIpc) is 2.73. The largest absolute Gasteiger partial charge is 0.395 e. The van der Waals surface area contributed by atoms with Crippen molar-refractivity contribution >= 4 is 5.82 Å². The van der Waals surface area contributed by atoms with E-state index in [1.54, 1.807) is 4.57 Å². The van der Waals surface area contributed by atoms with Gasteiger partial charge in [0.1, 0.15) is 5.82 Å². The number of piperidine rings is 1. The van der Waals surface area contributed by atoms with E-state index in [4.69, 9.17) is 0 Å². The minimum Gasteiger partial charge on any atom is -0.395 e. The molecule has 1 fully saturated rings. The van der Waals surface area contributed by atoms with Crippen LogP contribution in [0.4, 0.5) is 5.82 Å². The number of aliphatic hydroxyl groups excluding tert-OH is 1. The molecular formula is C20H27N5O3. The van der Waals surface area contributed by atoms with E-state index in [9.17, 15) is 14.7 Å². The summed E-state index contributed by atoms with van der Waals surface area (Å²) in [5.74, 6) is 0.560. The lowest BCUT2D eigenvalue weighted by atomic mass is 10.1. The molecule has 0 saturated carbocycles. The molecule has 4 rings (SSSR count). The number of likely N-dealkylation sites (tertiary alicyclic amines) is 1. The molecule has 0 radical (unpaired) electrons. The Morgan fingerprint density at radius 3 is 2.46 bits per heavy atom. The van der Waals surface area contributed by atoms with Gasteiger partial charge in [-0.3, -0.25) is 14.6 Å². The number of anilines is 1. The topological polar surface area (TPSA) is 82.7 Å². The third-order valence-corrected chi connectivity index (χ3v) is 5.51. The lowest BCUT2D eigenvalue weighted by molar-refractivity contribution is 0.172. The van der Waals surface area contributed by atoms with Crippen LogP contribution >= 0.6 is 0 Å². The zero-order valence-electron chi connectivity index (χ0n) is 16.0. The van der Waals surface area contributed by atoms with Crippen LogP contribution in [0.2, 0.25) is 0 Å². The highest BCUT2D eigenvalue weighted by Crippen LogP contribution is 2.21. The second kappa shape index (κ2) is 8.30. The molecule has 0 aliphatic carbocycles. The molecule has 0 amide bonds. The third-order valence-electron chi connectivity index (χ3n) is 5.51. The van der Waals surface area contributed by atoms with E-state index < -0.39 is 0 Å². The fourth-order valence-corrected chi connectivity index (χ4v) is 4.04. The molecule has 0 atom stereocenters. The number of fused-ring (bicyclic) bond motifs is 1. The van der Waals surface area contributed by atoms with E-state index in [1.165, 1.54) is 11.0 Å². The fraction of sp³-hybridized carbons (Fsp3) is 0.500. The Labute approximate surface area is 163 Å². The van der Waals surface area contributed by atoms with Gasteiger partial charge >= 0.3 is 5.69 Å². The molecule has 1 saturated heterocycles. The molecule has 2 aliphatic rings. The molecule has 3 heterocycles. The molecule has 0 spiro atoms. The predicted octanol–water partition coefficient (Wildman–Crippen LogP) is 0.620. The van der Waals surface area contributed by atoms with Crippen molar-refractivity contribution in [1.82, 2.24) is 18.9 Å². The normalized spacial score (nSPS) is 17.9. The first-order chi connectivity index (χ1) is 13.7. The number of aliphatic hydroxyl groups is 1. The van der Waals surface area contributed by atoms with Gasteiger partial charge < -0.3 is 10.4 Å². The number of hydrogen-bond donors (Lipinski definition) is 2. The van der Waals surface area contributed by atoms with Crippen molar-refractivity contribution in [3.8, 4) is 5.69 Å². The average molecular weight is 385 g/mol. The van der Waals surface area contributed by atoms with Gasteiger partial charge in [-0.1, -0.05) is 24.6 Å². The van der Waals surface area contributed by atoms with Gasteiger partial charge in [-0.05, 0) is 38.1 Å². The Kier molecular flexibility index (Phi) is 5.61. The molecule has 2 aromatic rings. The number of β-amino-alcohol motifs (C(OH)–C–C–N with tert-alkyl or cyclic N) is 1. The molecule has 8 heteroatoms. The standard InChI is InChI=1S/C20H27N5O3/c26-12-11-23-13-17-18(21-14-23)25(16-7-3-1-4-8-16)20(28)24(19(17)27)15-22-9-5-2-6-10-22/h1,3-4,7-8,21,26H,2,5-6,9-15H2. The van der Waals surface area contributed by atoms with Crippen molar-refractivity contribution in [2.45, 2.75) is 32.5 Å². The highest BCUT2D eigenvalue weighted by Gasteiger charge is 2.26. The van der Waals surface area contributed by atoms with E-state index in [0.29, 0.717) is 37.8 Å². The van der Waals surface area contributed by atoms with Crippen LogP contribution in [0, 0.1) is 0 Å². The monoisotopic (exact) mass is 385 g/mol. The summed E-state index contributed by atoms with van der Waals surface area (Å²) in [6.07, 6.45) is 3.39. The maximum Gasteiger partial charge on any atom is 0.338 e. The van der Waals surface area contributed by atoms with Gasteiger partial charge in [-0.15, -0.1) is 0 Å². The molecule has 0 bridgehead atoms. The highest BCUT2D eigenvalue weighted by atomic mass is 16.3. The van der Waals surface area contributed by atoms with Crippen LogP contribution in [0.3, 0.4) is 0 Å².